The summed E-state index contributed by atoms with van der Waals surface area (Å²) in [5.74, 6) is 0.953. The quantitative estimate of drug-likeness (QED) is 0.895. The number of carbonyl (C=O) groups is 1. The summed E-state index contributed by atoms with van der Waals surface area (Å²) in [4.78, 5) is 12.9. The molecule has 0 unspecified atom stereocenters. The van der Waals surface area contributed by atoms with Crippen molar-refractivity contribution in [2.24, 2.45) is 0 Å². The van der Waals surface area contributed by atoms with Gasteiger partial charge in [-0.25, -0.2) is 0 Å². The highest BCUT2D eigenvalue weighted by Gasteiger charge is 2.39. The normalized spacial score (nSPS) is 25.1. The molecule has 0 aromatic heterocycles. The van der Waals surface area contributed by atoms with Crippen molar-refractivity contribution in [1.82, 2.24) is 10.6 Å². The maximum Gasteiger partial charge on any atom is 0.227 e. The summed E-state index contributed by atoms with van der Waals surface area (Å²) in [5, 5.41) is 7.00. The SMILES string of the molecule is COc1ccc2c(c1)[C@H](C(=O)NC1CC(C)(C)NC(C)(C)C1)CC2. The van der Waals surface area contributed by atoms with Crippen molar-refractivity contribution in [3.63, 3.8) is 0 Å². The smallest absolute Gasteiger partial charge is 0.227 e. The summed E-state index contributed by atoms with van der Waals surface area (Å²) >= 11 is 0. The molecule has 0 saturated carbocycles. The fourth-order valence-corrected chi connectivity index (χ4v) is 4.71. The number of amides is 1. The van der Waals surface area contributed by atoms with Crippen molar-refractivity contribution in [3.8, 4) is 5.75 Å². The zero-order valence-electron chi connectivity index (χ0n) is 15.5. The van der Waals surface area contributed by atoms with Gasteiger partial charge in [0.15, 0.2) is 0 Å². The van der Waals surface area contributed by atoms with Crippen LogP contribution in [0.5, 0.6) is 5.75 Å². The number of methoxy groups -OCH3 is 1. The van der Waals surface area contributed by atoms with Crippen LogP contribution in [0.1, 0.15) is 64.0 Å². The third kappa shape index (κ3) is 3.59. The highest BCUT2D eigenvalue weighted by Crippen LogP contribution is 2.36. The van der Waals surface area contributed by atoms with Gasteiger partial charge in [0.25, 0.3) is 0 Å². The highest BCUT2D eigenvalue weighted by molar-refractivity contribution is 5.85. The fraction of sp³-hybridized carbons (Fsp3) is 0.650. The molecule has 3 rings (SSSR count). The molecule has 4 heteroatoms. The van der Waals surface area contributed by atoms with Gasteiger partial charge in [0.05, 0.1) is 13.0 Å². The van der Waals surface area contributed by atoms with Crippen LogP contribution in [-0.2, 0) is 11.2 Å². The van der Waals surface area contributed by atoms with Gasteiger partial charge in [-0.1, -0.05) is 6.07 Å². The molecule has 1 aromatic carbocycles. The molecule has 132 valence electrons. The van der Waals surface area contributed by atoms with E-state index < -0.39 is 0 Å². The van der Waals surface area contributed by atoms with Gasteiger partial charge in [-0.2, -0.15) is 0 Å². The van der Waals surface area contributed by atoms with Crippen molar-refractivity contribution in [2.45, 2.75) is 76.4 Å². The maximum atomic E-state index is 12.9. The second-order valence-electron chi connectivity index (χ2n) is 8.66. The Labute approximate surface area is 145 Å². The van der Waals surface area contributed by atoms with Crippen LogP contribution in [0, 0.1) is 0 Å². The molecule has 0 spiro atoms. The average molecular weight is 330 g/mol. The average Bonchev–Trinajstić information content (AvgIpc) is 2.86. The minimum atomic E-state index is -0.0452. The largest absolute Gasteiger partial charge is 0.497 e. The number of fused-ring (bicyclic) bond motifs is 1. The van der Waals surface area contributed by atoms with E-state index in [4.69, 9.17) is 4.74 Å². The van der Waals surface area contributed by atoms with Crippen molar-refractivity contribution >= 4 is 5.91 Å². The Bertz CT molecular complexity index is 621. The van der Waals surface area contributed by atoms with Gasteiger partial charge in [0.1, 0.15) is 5.75 Å². The minimum absolute atomic E-state index is 0.0382. The molecular weight excluding hydrogens is 300 g/mol. The minimum Gasteiger partial charge on any atom is -0.497 e. The summed E-state index contributed by atoms with van der Waals surface area (Å²) in [6.07, 6.45) is 3.78. The zero-order valence-corrected chi connectivity index (χ0v) is 15.5. The Morgan fingerprint density at radius 2 is 1.88 bits per heavy atom. The first-order valence-corrected chi connectivity index (χ1v) is 8.96. The van der Waals surface area contributed by atoms with Gasteiger partial charge in [0, 0.05) is 17.1 Å². The first-order valence-electron chi connectivity index (χ1n) is 8.96. The summed E-state index contributed by atoms with van der Waals surface area (Å²) in [6.45, 7) is 8.84. The monoisotopic (exact) mass is 330 g/mol. The molecule has 1 saturated heterocycles. The van der Waals surface area contributed by atoms with E-state index in [0.29, 0.717) is 0 Å². The van der Waals surface area contributed by atoms with Crippen LogP contribution < -0.4 is 15.4 Å². The number of hydrogen-bond donors (Lipinski definition) is 2. The van der Waals surface area contributed by atoms with Gasteiger partial charge in [-0.15, -0.1) is 0 Å². The van der Waals surface area contributed by atoms with E-state index in [0.717, 1.165) is 37.0 Å². The van der Waals surface area contributed by atoms with Crippen molar-refractivity contribution < 1.29 is 9.53 Å². The molecule has 1 aromatic rings. The molecule has 2 N–H and O–H groups in total. The number of piperidine rings is 1. The maximum absolute atomic E-state index is 12.9. The van der Waals surface area contributed by atoms with Crippen molar-refractivity contribution in [3.05, 3.63) is 29.3 Å². The Hall–Kier alpha value is -1.55. The molecule has 1 amide bonds. The third-order valence-electron chi connectivity index (χ3n) is 5.28. The van der Waals surface area contributed by atoms with E-state index in [9.17, 15) is 4.79 Å². The van der Waals surface area contributed by atoms with Crippen LogP contribution in [0.3, 0.4) is 0 Å². The van der Waals surface area contributed by atoms with Crippen LogP contribution in [0.25, 0.3) is 0 Å². The number of benzene rings is 1. The van der Waals surface area contributed by atoms with E-state index in [2.05, 4.69) is 44.4 Å². The molecule has 1 heterocycles. The highest BCUT2D eigenvalue weighted by atomic mass is 16.5. The van der Waals surface area contributed by atoms with Crippen molar-refractivity contribution in [1.29, 1.82) is 0 Å². The molecule has 1 aliphatic heterocycles. The Kier molecular flexibility index (Phi) is 4.37. The first kappa shape index (κ1) is 17.3. The van der Waals surface area contributed by atoms with Crippen LogP contribution in [-0.4, -0.2) is 30.1 Å². The number of ether oxygens (including phenoxy) is 1. The summed E-state index contributed by atoms with van der Waals surface area (Å²) in [5.41, 5.74) is 2.49. The molecule has 4 nitrogen and oxygen atoms in total. The summed E-state index contributed by atoms with van der Waals surface area (Å²) in [7, 11) is 1.67. The number of aryl methyl sites for hydroxylation is 1. The van der Waals surface area contributed by atoms with E-state index in [1.54, 1.807) is 7.11 Å². The lowest BCUT2D eigenvalue weighted by atomic mass is 9.79. The number of hydrogen-bond acceptors (Lipinski definition) is 3. The van der Waals surface area contributed by atoms with E-state index in [1.807, 2.05) is 12.1 Å². The zero-order chi connectivity index (χ0) is 17.5. The number of nitrogens with one attached hydrogen (secondary N) is 2. The molecular formula is C20H30N2O2. The van der Waals surface area contributed by atoms with E-state index in [1.165, 1.54) is 5.56 Å². The van der Waals surface area contributed by atoms with Crippen LogP contribution >= 0.6 is 0 Å². The van der Waals surface area contributed by atoms with E-state index >= 15 is 0 Å². The third-order valence-corrected chi connectivity index (χ3v) is 5.28. The lowest BCUT2D eigenvalue weighted by Crippen LogP contribution is -2.62. The Morgan fingerprint density at radius 3 is 2.50 bits per heavy atom. The summed E-state index contributed by atoms with van der Waals surface area (Å²) < 4.78 is 5.33. The van der Waals surface area contributed by atoms with Crippen molar-refractivity contribution in [2.75, 3.05) is 7.11 Å². The Morgan fingerprint density at radius 1 is 1.21 bits per heavy atom. The molecule has 0 radical (unpaired) electrons. The number of rotatable bonds is 3. The van der Waals surface area contributed by atoms with Gasteiger partial charge >= 0.3 is 0 Å². The molecule has 24 heavy (non-hydrogen) atoms. The van der Waals surface area contributed by atoms with Gasteiger partial charge in [-0.3, -0.25) is 4.79 Å². The standard InChI is InChI=1S/C20H30N2O2/c1-19(2)11-14(12-20(3,4)22-19)21-18(23)16-9-7-13-6-8-15(24-5)10-17(13)16/h6,8,10,14,16,22H,7,9,11-12H2,1-5H3,(H,21,23)/t16-/m1/s1. The Balaban J connectivity index is 1.73. The van der Waals surface area contributed by atoms with E-state index in [-0.39, 0.29) is 28.9 Å². The lowest BCUT2D eigenvalue weighted by molar-refractivity contribution is -0.123. The predicted octanol–water partition coefficient (Wildman–Crippen LogP) is 3.15. The fourth-order valence-electron chi connectivity index (χ4n) is 4.71. The molecule has 1 fully saturated rings. The van der Waals surface area contributed by atoms with Gasteiger partial charge < -0.3 is 15.4 Å². The second-order valence-corrected chi connectivity index (χ2v) is 8.66. The van der Waals surface area contributed by atoms with Crippen LogP contribution in [0.4, 0.5) is 0 Å². The topological polar surface area (TPSA) is 50.4 Å². The van der Waals surface area contributed by atoms with Crippen LogP contribution in [0.15, 0.2) is 18.2 Å². The van der Waals surface area contributed by atoms with Gasteiger partial charge in [-0.05, 0) is 76.6 Å². The van der Waals surface area contributed by atoms with Gasteiger partial charge in [0.2, 0.25) is 5.91 Å². The first-order chi connectivity index (χ1) is 11.2. The molecule has 1 aliphatic carbocycles. The molecule has 1 atom stereocenters. The summed E-state index contributed by atoms with van der Waals surface area (Å²) in [6, 6.07) is 6.33. The number of carbonyl (C=O) groups excluding carboxylic acids is 1. The lowest BCUT2D eigenvalue weighted by Gasteiger charge is -2.46. The molecule has 0 bridgehead atoms. The molecule has 2 aliphatic rings. The second kappa shape index (κ2) is 6.07. The van der Waals surface area contributed by atoms with Crippen LogP contribution in [0.2, 0.25) is 0 Å². The predicted molar refractivity (Wildman–Crippen MR) is 96.5 cm³/mol.